The first-order valence-corrected chi connectivity index (χ1v) is 5.70. The molecule has 0 saturated carbocycles. The number of phenolic OH excluding ortho intramolecular Hbond substituents is 1. The first kappa shape index (κ1) is 11.9. The van der Waals surface area contributed by atoms with Crippen molar-refractivity contribution in [3.63, 3.8) is 0 Å². The number of rotatable bonds is 5. The van der Waals surface area contributed by atoms with Crippen molar-refractivity contribution in [3.8, 4) is 11.5 Å². The predicted molar refractivity (Wildman–Crippen MR) is 62.6 cm³/mol. The van der Waals surface area contributed by atoms with Crippen LogP contribution in [-0.2, 0) is 12.8 Å². The number of hydrogen-bond acceptors (Lipinski definition) is 2. The number of aryl methyl sites for hydroxylation is 2. The van der Waals surface area contributed by atoms with Crippen LogP contribution >= 0.6 is 0 Å². The zero-order valence-corrected chi connectivity index (χ0v) is 9.84. The van der Waals surface area contributed by atoms with E-state index < -0.39 is 0 Å². The molecular formula is C13H20O2. The van der Waals surface area contributed by atoms with Crippen LogP contribution in [0.25, 0.3) is 0 Å². The van der Waals surface area contributed by atoms with Crippen molar-refractivity contribution in [2.45, 2.75) is 40.0 Å². The van der Waals surface area contributed by atoms with Gasteiger partial charge in [0.25, 0.3) is 0 Å². The first-order chi connectivity index (χ1) is 7.22. The number of ether oxygens (including phenoxy) is 1. The summed E-state index contributed by atoms with van der Waals surface area (Å²) in [4.78, 5) is 0. The van der Waals surface area contributed by atoms with Crippen molar-refractivity contribution in [3.05, 3.63) is 23.3 Å². The summed E-state index contributed by atoms with van der Waals surface area (Å²) in [5.41, 5.74) is 1.95. The fourth-order valence-electron chi connectivity index (χ4n) is 1.57. The third-order valence-electron chi connectivity index (χ3n) is 2.48. The molecule has 0 bridgehead atoms. The maximum Gasteiger partial charge on any atom is 0.122 e. The highest BCUT2D eigenvalue weighted by atomic mass is 16.5. The Balaban J connectivity index is 2.98. The van der Waals surface area contributed by atoms with E-state index in [-0.39, 0.29) is 0 Å². The molecule has 0 spiro atoms. The summed E-state index contributed by atoms with van der Waals surface area (Å²) in [6, 6.07) is 3.87. The Morgan fingerprint density at radius 3 is 2.00 bits per heavy atom. The van der Waals surface area contributed by atoms with Gasteiger partial charge in [-0.25, -0.2) is 0 Å². The van der Waals surface area contributed by atoms with E-state index in [0.717, 1.165) is 42.7 Å². The summed E-state index contributed by atoms with van der Waals surface area (Å²) in [6.45, 7) is 6.90. The highest BCUT2D eigenvalue weighted by molar-refractivity contribution is 5.46. The van der Waals surface area contributed by atoms with E-state index in [1.807, 2.05) is 26.0 Å². The van der Waals surface area contributed by atoms with Gasteiger partial charge in [0.05, 0.1) is 6.61 Å². The van der Waals surface area contributed by atoms with E-state index in [4.69, 9.17) is 4.74 Å². The largest absolute Gasteiger partial charge is 0.507 e. The molecule has 84 valence electrons. The average Bonchev–Trinajstić information content (AvgIpc) is 2.27. The number of benzene rings is 1. The first-order valence-electron chi connectivity index (χ1n) is 5.70. The number of aromatic hydroxyl groups is 1. The lowest BCUT2D eigenvalue weighted by atomic mass is 10.0. The minimum absolute atomic E-state index is 0.434. The Hall–Kier alpha value is -1.18. The van der Waals surface area contributed by atoms with Crippen LogP contribution in [0.4, 0.5) is 0 Å². The van der Waals surface area contributed by atoms with Gasteiger partial charge in [-0.05, 0) is 42.5 Å². The summed E-state index contributed by atoms with van der Waals surface area (Å²) in [5, 5.41) is 9.88. The molecule has 1 N–H and O–H groups in total. The Morgan fingerprint density at radius 1 is 1.07 bits per heavy atom. The average molecular weight is 208 g/mol. The van der Waals surface area contributed by atoms with Crippen LogP contribution in [0.1, 0.15) is 38.3 Å². The molecule has 15 heavy (non-hydrogen) atoms. The molecule has 1 rings (SSSR count). The van der Waals surface area contributed by atoms with Crippen LogP contribution in [0.2, 0.25) is 0 Å². The molecule has 2 nitrogen and oxygen atoms in total. The molecular weight excluding hydrogens is 188 g/mol. The number of hydrogen-bond donors (Lipinski definition) is 1. The van der Waals surface area contributed by atoms with Gasteiger partial charge in [-0.2, -0.15) is 0 Å². The summed E-state index contributed by atoms with van der Waals surface area (Å²) >= 11 is 0. The van der Waals surface area contributed by atoms with Gasteiger partial charge < -0.3 is 9.84 Å². The maximum atomic E-state index is 9.88. The Bertz CT molecular complexity index is 293. The summed E-state index contributed by atoms with van der Waals surface area (Å²) in [6.07, 6.45) is 2.67. The van der Waals surface area contributed by atoms with Crippen LogP contribution in [0, 0.1) is 0 Å². The fourth-order valence-corrected chi connectivity index (χ4v) is 1.57. The van der Waals surface area contributed by atoms with E-state index >= 15 is 0 Å². The van der Waals surface area contributed by atoms with Crippen LogP contribution < -0.4 is 4.74 Å². The molecule has 0 atom stereocenters. The van der Waals surface area contributed by atoms with Crippen molar-refractivity contribution < 1.29 is 9.84 Å². The molecule has 0 heterocycles. The summed E-state index contributed by atoms with van der Waals surface area (Å²) < 4.78 is 5.58. The Kier molecular flexibility index (Phi) is 4.47. The molecule has 0 aliphatic carbocycles. The minimum atomic E-state index is 0.434. The van der Waals surface area contributed by atoms with Crippen molar-refractivity contribution in [2.75, 3.05) is 6.61 Å². The second kappa shape index (κ2) is 5.64. The molecule has 0 radical (unpaired) electrons. The lowest BCUT2D eigenvalue weighted by Crippen LogP contribution is -1.98. The number of phenols is 1. The molecule has 0 fully saturated rings. The lowest BCUT2D eigenvalue weighted by Gasteiger charge is -2.11. The van der Waals surface area contributed by atoms with Gasteiger partial charge in [-0.3, -0.25) is 0 Å². The Morgan fingerprint density at radius 2 is 1.60 bits per heavy atom. The van der Waals surface area contributed by atoms with Crippen molar-refractivity contribution >= 4 is 0 Å². The van der Waals surface area contributed by atoms with E-state index in [1.54, 1.807) is 0 Å². The topological polar surface area (TPSA) is 29.5 Å². The lowest BCUT2D eigenvalue weighted by molar-refractivity contribution is 0.316. The van der Waals surface area contributed by atoms with Gasteiger partial charge in [0, 0.05) is 0 Å². The zero-order valence-electron chi connectivity index (χ0n) is 9.84. The molecule has 2 heteroatoms. The molecule has 1 aromatic rings. The molecule has 0 unspecified atom stereocenters. The SMILES string of the molecule is CCCOc1cc(CC)c(O)c(CC)c1. The van der Waals surface area contributed by atoms with Gasteiger partial charge in [0.15, 0.2) is 0 Å². The van der Waals surface area contributed by atoms with E-state index in [0.29, 0.717) is 5.75 Å². The van der Waals surface area contributed by atoms with Crippen molar-refractivity contribution in [1.29, 1.82) is 0 Å². The molecule has 0 amide bonds. The molecule has 0 aliphatic rings. The second-order valence-corrected chi connectivity index (χ2v) is 3.65. The van der Waals surface area contributed by atoms with Gasteiger partial charge in [-0.1, -0.05) is 20.8 Å². The third-order valence-corrected chi connectivity index (χ3v) is 2.48. The Labute approximate surface area is 91.9 Å². The zero-order chi connectivity index (χ0) is 11.3. The van der Waals surface area contributed by atoms with Crippen molar-refractivity contribution in [2.24, 2.45) is 0 Å². The van der Waals surface area contributed by atoms with E-state index in [9.17, 15) is 5.11 Å². The van der Waals surface area contributed by atoms with E-state index in [2.05, 4.69) is 6.92 Å². The highest BCUT2D eigenvalue weighted by Crippen LogP contribution is 2.29. The van der Waals surface area contributed by atoms with Gasteiger partial charge in [0.1, 0.15) is 11.5 Å². The molecule has 0 saturated heterocycles. The van der Waals surface area contributed by atoms with Crippen LogP contribution in [-0.4, -0.2) is 11.7 Å². The van der Waals surface area contributed by atoms with Crippen LogP contribution in [0.5, 0.6) is 11.5 Å². The third kappa shape index (κ3) is 2.88. The van der Waals surface area contributed by atoms with Crippen LogP contribution in [0.15, 0.2) is 12.1 Å². The molecule has 0 aliphatic heterocycles. The quantitative estimate of drug-likeness (QED) is 0.804. The molecule has 0 aromatic heterocycles. The summed E-state index contributed by atoms with van der Waals surface area (Å²) in [5.74, 6) is 1.31. The standard InChI is InChI=1S/C13H20O2/c1-4-7-15-12-8-10(5-2)13(14)11(6-3)9-12/h8-9,14H,4-7H2,1-3H3. The fraction of sp³-hybridized carbons (Fsp3) is 0.538. The highest BCUT2D eigenvalue weighted by Gasteiger charge is 2.07. The minimum Gasteiger partial charge on any atom is -0.507 e. The van der Waals surface area contributed by atoms with Crippen molar-refractivity contribution in [1.82, 2.24) is 0 Å². The predicted octanol–water partition coefficient (Wildman–Crippen LogP) is 3.31. The maximum absolute atomic E-state index is 9.88. The van der Waals surface area contributed by atoms with Gasteiger partial charge in [0.2, 0.25) is 0 Å². The molecule has 1 aromatic carbocycles. The van der Waals surface area contributed by atoms with Crippen LogP contribution in [0.3, 0.4) is 0 Å². The van der Waals surface area contributed by atoms with Gasteiger partial charge in [-0.15, -0.1) is 0 Å². The smallest absolute Gasteiger partial charge is 0.122 e. The second-order valence-electron chi connectivity index (χ2n) is 3.65. The monoisotopic (exact) mass is 208 g/mol. The summed E-state index contributed by atoms with van der Waals surface area (Å²) in [7, 11) is 0. The normalized spacial score (nSPS) is 10.3. The van der Waals surface area contributed by atoms with Gasteiger partial charge >= 0.3 is 0 Å². The van der Waals surface area contributed by atoms with E-state index in [1.165, 1.54) is 0 Å².